The average molecular weight is 413 g/mol. The van der Waals surface area contributed by atoms with Crippen LogP contribution in [-0.4, -0.2) is 15.5 Å². The molecular weight excluding hydrogens is 403 g/mol. The minimum absolute atomic E-state index is 0.142. The van der Waals surface area contributed by atoms with Gasteiger partial charge in [-0.25, -0.2) is 17.6 Å². The first-order valence-corrected chi connectivity index (χ1v) is 8.92. The molecular formula is C16H10BrFO5S. The van der Waals surface area contributed by atoms with Crippen molar-refractivity contribution in [3.05, 3.63) is 63.2 Å². The Morgan fingerprint density at radius 2 is 1.79 bits per heavy atom. The predicted octanol–water partition coefficient (Wildman–Crippen LogP) is 3.54. The summed E-state index contributed by atoms with van der Waals surface area (Å²) >= 11 is 3.28. The number of rotatable bonds is 3. The first-order valence-electron chi connectivity index (χ1n) is 6.65. The minimum atomic E-state index is -4.14. The van der Waals surface area contributed by atoms with Crippen molar-refractivity contribution in [3.8, 4) is 5.75 Å². The van der Waals surface area contributed by atoms with Gasteiger partial charge < -0.3 is 9.15 Å². The van der Waals surface area contributed by atoms with Gasteiger partial charge in [0.05, 0.1) is 12.0 Å². The van der Waals surface area contributed by atoms with Gasteiger partial charge in [0.2, 0.25) is 9.84 Å². The second-order valence-corrected chi connectivity index (χ2v) is 7.72. The molecule has 0 amide bonds. The molecule has 0 saturated carbocycles. The van der Waals surface area contributed by atoms with Crippen molar-refractivity contribution >= 4 is 36.7 Å². The van der Waals surface area contributed by atoms with E-state index in [-0.39, 0.29) is 10.5 Å². The van der Waals surface area contributed by atoms with Crippen LogP contribution in [0.15, 0.2) is 65.9 Å². The number of sulfone groups is 1. The molecule has 1 aromatic heterocycles. The Balaban J connectivity index is 2.28. The van der Waals surface area contributed by atoms with Crippen LogP contribution in [0, 0.1) is 5.82 Å². The zero-order chi connectivity index (χ0) is 17.5. The smallest absolute Gasteiger partial charge is 0.355 e. The van der Waals surface area contributed by atoms with E-state index < -0.39 is 26.2 Å². The molecule has 0 fully saturated rings. The molecule has 0 N–H and O–H groups in total. The van der Waals surface area contributed by atoms with E-state index in [0.29, 0.717) is 15.6 Å². The number of methoxy groups -OCH3 is 1. The zero-order valence-electron chi connectivity index (χ0n) is 12.2. The van der Waals surface area contributed by atoms with Gasteiger partial charge in [-0.3, -0.25) is 0 Å². The summed E-state index contributed by atoms with van der Waals surface area (Å²) in [5.41, 5.74) is -0.879. The fourth-order valence-corrected chi connectivity index (χ4v) is 3.97. The van der Waals surface area contributed by atoms with Gasteiger partial charge in [0, 0.05) is 9.86 Å². The second-order valence-electron chi connectivity index (χ2n) is 4.88. The summed E-state index contributed by atoms with van der Waals surface area (Å²) in [6.45, 7) is 0. The predicted molar refractivity (Wildman–Crippen MR) is 88.6 cm³/mol. The molecule has 0 radical (unpaired) electrons. The van der Waals surface area contributed by atoms with Crippen LogP contribution in [0.1, 0.15) is 0 Å². The molecule has 0 saturated heterocycles. The molecule has 0 atom stereocenters. The number of ether oxygens (including phenoxy) is 1. The first-order chi connectivity index (χ1) is 11.3. The number of halogens is 2. The van der Waals surface area contributed by atoms with Gasteiger partial charge >= 0.3 is 5.63 Å². The van der Waals surface area contributed by atoms with E-state index in [1.807, 2.05) is 0 Å². The topological polar surface area (TPSA) is 73.6 Å². The number of hydrogen-bond acceptors (Lipinski definition) is 5. The molecule has 124 valence electrons. The summed E-state index contributed by atoms with van der Waals surface area (Å²) in [6, 6.07) is 8.62. The van der Waals surface area contributed by atoms with E-state index in [4.69, 9.17) is 9.15 Å². The van der Waals surface area contributed by atoms with Gasteiger partial charge in [-0.15, -0.1) is 0 Å². The van der Waals surface area contributed by atoms with Gasteiger partial charge in [0.15, 0.2) is 16.2 Å². The molecule has 0 bridgehead atoms. The third-order valence-corrected chi connectivity index (χ3v) is 5.58. The van der Waals surface area contributed by atoms with E-state index in [1.165, 1.54) is 13.2 Å². The van der Waals surface area contributed by atoms with E-state index in [0.717, 1.165) is 24.3 Å². The second kappa shape index (κ2) is 6.03. The van der Waals surface area contributed by atoms with Crippen LogP contribution in [0.3, 0.4) is 0 Å². The quantitative estimate of drug-likeness (QED) is 0.485. The summed E-state index contributed by atoms with van der Waals surface area (Å²) in [5.74, 6) is -0.282. The molecule has 3 rings (SSSR count). The van der Waals surface area contributed by atoms with Crippen LogP contribution in [0.2, 0.25) is 0 Å². The highest BCUT2D eigenvalue weighted by Gasteiger charge is 2.24. The Labute approximate surface area is 144 Å². The van der Waals surface area contributed by atoms with Crippen LogP contribution < -0.4 is 10.4 Å². The first kappa shape index (κ1) is 16.7. The highest BCUT2D eigenvalue weighted by molar-refractivity contribution is 9.10. The fraction of sp³-hybridized carbons (Fsp3) is 0.0625. The van der Waals surface area contributed by atoms with Crippen LogP contribution in [0.4, 0.5) is 4.39 Å². The molecule has 2 aromatic carbocycles. The van der Waals surface area contributed by atoms with E-state index in [2.05, 4.69) is 15.9 Å². The molecule has 0 unspecified atom stereocenters. The Bertz CT molecular complexity index is 1090. The summed E-state index contributed by atoms with van der Waals surface area (Å²) in [6.07, 6.45) is 0. The molecule has 3 aromatic rings. The maximum absolute atomic E-state index is 13.0. The molecule has 0 aliphatic carbocycles. The molecule has 0 aliphatic heterocycles. The molecule has 24 heavy (non-hydrogen) atoms. The normalized spacial score (nSPS) is 11.6. The van der Waals surface area contributed by atoms with Crippen LogP contribution in [0.25, 0.3) is 11.0 Å². The third-order valence-electron chi connectivity index (χ3n) is 3.36. The number of fused-ring (bicyclic) bond motifs is 1. The van der Waals surface area contributed by atoms with E-state index in [9.17, 15) is 17.6 Å². The lowest BCUT2D eigenvalue weighted by atomic mass is 10.2. The van der Waals surface area contributed by atoms with Crippen molar-refractivity contribution < 1.29 is 22.0 Å². The van der Waals surface area contributed by atoms with Crippen molar-refractivity contribution in [2.45, 2.75) is 9.79 Å². The molecule has 1 heterocycles. The molecule has 5 nitrogen and oxygen atoms in total. The summed E-state index contributed by atoms with van der Waals surface area (Å²) in [4.78, 5) is 11.5. The Morgan fingerprint density at radius 1 is 1.12 bits per heavy atom. The standard InChI is InChI=1S/C16H10BrFO5S/c1-22-13-8-10(17)6-9-7-14(16(19)23-15(9)13)24(20,21)12-4-2-11(18)3-5-12/h2-8H,1H3. The average Bonchev–Trinajstić information content (AvgIpc) is 2.54. The lowest BCUT2D eigenvalue weighted by molar-refractivity contribution is 0.405. The van der Waals surface area contributed by atoms with Gasteiger partial charge in [-0.2, -0.15) is 0 Å². The summed E-state index contributed by atoms with van der Waals surface area (Å²) in [7, 11) is -2.73. The van der Waals surface area contributed by atoms with Gasteiger partial charge in [-0.1, -0.05) is 15.9 Å². The maximum atomic E-state index is 13.0. The van der Waals surface area contributed by atoms with Crippen LogP contribution >= 0.6 is 15.9 Å². The van der Waals surface area contributed by atoms with Crippen molar-refractivity contribution in [1.82, 2.24) is 0 Å². The monoisotopic (exact) mass is 412 g/mol. The molecule has 0 aliphatic rings. The molecule has 8 heteroatoms. The number of benzene rings is 2. The van der Waals surface area contributed by atoms with Gasteiger partial charge in [-0.05, 0) is 42.5 Å². The van der Waals surface area contributed by atoms with Crippen molar-refractivity contribution in [3.63, 3.8) is 0 Å². The highest BCUT2D eigenvalue weighted by atomic mass is 79.9. The largest absolute Gasteiger partial charge is 0.493 e. The lowest BCUT2D eigenvalue weighted by Crippen LogP contribution is -2.14. The third kappa shape index (κ3) is 2.83. The SMILES string of the molecule is COc1cc(Br)cc2cc(S(=O)(=O)c3ccc(F)cc3)c(=O)oc12. The Kier molecular flexibility index (Phi) is 4.18. The van der Waals surface area contributed by atoms with Crippen molar-refractivity contribution in [2.75, 3.05) is 7.11 Å². The highest BCUT2D eigenvalue weighted by Crippen LogP contribution is 2.31. The van der Waals surface area contributed by atoms with Gasteiger partial charge in [0.25, 0.3) is 0 Å². The Morgan fingerprint density at radius 3 is 2.42 bits per heavy atom. The maximum Gasteiger partial charge on any atom is 0.355 e. The van der Waals surface area contributed by atoms with E-state index >= 15 is 0 Å². The molecule has 0 spiro atoms. The minimum Gasteiger partial charge on any atom is -0.493 e. The van der Waals surface area contributed by atoms with E-state index in [1.54, 1.807) is 12.1 Å². The van der Waals surface area contributed by atoms with Crippen LogP contribution in [0.5, 0.6) is 5.75 Å². The fourth-order valence-electron chi connectivity index (χ4n) is 2.23. The zero-order valence-corrected chi connectivity index (χ0v) is 14.6. The van der Waals surface area contributed by atoms with Crippen molar-refractivity contribution in [2.24, 2.45) is 0 Å². The Hall–Kier alpha value is -2.19. The van der Waals surface area contributed by atoms with Crippen LogP contribution in [-0.2, 0) is 9.84 Å². The lowest BCUT2D eigenvalue weighted by Gasteiger charge is -2.08. The summed E-state index contributed by atoms with van der Waals surface area (Å²) in [5, 5.41) is 0.376. The van der Waals surface area contributed by atoms with Gasteiger partial charge in [0.1, 0.15) is 5.82 Å². The number of hydrogen-bond donors (Lipinski definition) is 0. The summed E-state index contributed by atoms with van der Waals surface area (Å²) < 4.78 is 49.2. The van der Waals surface area contributed by atoms with Crippen molar-refractivity contribution in [1.29, 1.82) is 0 Å².